The van der Waals surface area contributed by atoms with Crippen molar-refractivity contribution in [2.24, 2.45) is 0 Å². The minimum absolute atomic E-state index is 0.0690. The zero-order chi connectivity index (χ0) is 16.1. The second-order valence-electron chi connectivity index (χ2n) is 5.74. The van der Waals surface area contributed by atoms with Crippen LogP contribution in [0.2, 0.25) is 0 Å². The number of nitrogens with one attached hydrogen (secondary N) is 1. The Morgan fingerprint density at radius 2 is 1.90 bits per heavy atom. The predicted molar refractivity (Wildman–Crippen MR) is 73.8 cm³/mol. The van der Waals surface area contributed by atoms with E-state index in [2.05, 4.69) is 12.2 Å². The third kappa shape index (κ3) is 4.85. The first kappa shape index (κ1) is 18.2. The number of hydrogen-bond acceptors (Lipinski definition) is 3. The molecule has 0 saturated carbocycles. The topological polar surface area (TPSA) is 52.6 Å². The zero-order valence-electron chi connectivity index (χ0n) is 12.7. The Morgan fingerprint density at radius 3 is 2.38 bits per heavy atom. The lowest BCUT2D eigenvalue weighted by molar-refractivity contribution is -0.273. The molecule has 1 amide bonds. The number of nitrogens with zero attached hydrogens (tertiary/aromatic N) is 1. The van der Waals surface area contributed by atoms with Crippen molar-refractivity contribution in [1.82, 2.24) is 10.2 Å². The molecule has 1 saturated heterocycles. The van der Waals surface area contributed by atoms with Crippen molar-refractivity contribution in [2.75, 3.05) is 19.6 Å². The number of aliphatic hydroxyl groups is 1. The molecule has 0 aliphatic carbocycles. The molecule has 0 bridgehead atoms. The summed E-state index contributed by atoms with van der Waals surface area (Å²) in [5.74, 6) is -0.163. The fourth-order valence-electron chi connectivity index (χ4n) is 2.46. The van der Waals surface area contributed by atoms with E-state index in [1.165, 1.54) is 0 Å². The summed E-state index contributed by atoms with van der Waals surface area (Å²) in [6.45, 7) is 4.49. The van der Waals surface area contributed by atoms with E-state index >= 15 is 0 Å². The Morgan fingerprint density at radius 1 is 1.33 bits per heavy atom. The Balaban J connectivity index is 2.41. The summed E-state index contributed by atoms with van der Waals surface area (Å²) in [7, 11) is 0. The van der Waals surface area contributed by atoms with Gasteiger partial charge < -0.3 is 10.4 Å². The van der Waals surface area contributed by atoms with Crippen LogP contribution in [0.4, 0.5) is 13.2 Å². The molecule has 1 atom stereocenters. The monoisotopic (exact) mass is 310 g/mol. The summed E-state index contributed by atoms with van der Waals surface area (Å²) in [4.78, 5) is 13.6. The van der Waals surface area contributed by atoms with E-state index in [1.54, 1.807) is 11.8 Å². The summed E-state index contributed by atoms with van der Waals surface area (Å²) in [5, 5.41) is 12.4. The van der Waals surface area contributed by atoms with Gasteiger partial charge in [-0.15, -0.1) is 0 Å². The van der Waals surface area contributed by atoms with Crippen LogP contribution in [0.1, 0.15) is 46.0 Å². The summed E-state index contributed by atoms with van der Waals surface area (Å²) in [6, 6.07) is -0.468. The van der Waals surface area contributed by atoms with E-state index in [9.17, 15) is 23.1 Å². The summed E-state index contributed by atoms with van der Waals surface area (Å²) in [5.41, 5.74) is -2.61. The molecule has 1 rings (SSSR count). The Hall–Kier alpha value is -0.820. The second-order valence-corrected chi connectivity index (χ2v) is 5.74. The molecule has 4 nitrogen and oxygen atoms in total. The van der Waals surface area contributed by atoms with Crippen molar-refractivity contribution in [3.63, 3.8) is 0 Å². The van der Waals surface area contributed by atoms with Gasteiger partial charge in [0.05, 0.1) is 6.04 Å². The molecule has 1 aliphatic rings. The fraction of sp³-hybridized carbons (Fsp3) is 0.929. The van der Waals surface area contributed by atoms with E-state index in [0.717, 1.165) is 19.3 Å². The van der Waals surface area contributed by atoms with Crippen molar-refractivity contribution in [1.29, 1.82) is 0 Å². The molecule has 1 unspecified atom stereocenters. The molecule has 0 spiro atoms. The highest BCUT2D eigenvalue weighted by atomic mass is 19.4. The third-order valence-corrected chi connectivity index (χ3v) is 4.16. The molecule has 21 heavy (non-hydrogen) atoms. The number of amides is 1. The second kappa shape index (κ2) is 7.45. The zero-order valence-corrected chi connectivity index (χ0v) is 12.7. The summed E-state index contributed by atoms with van der Waals surface area (Å²) >= 11 is 0. The maximum Gasteiger partial charge on any atom is 0.417 e. The molecule has 2 N–H and O–H groups in total. The lowest BCUT2D eigenvalue weighted by Crippen LogP contribution is -2.57. The smallest absolute Gasteiger partial charge is 0.380 e. The standard InChI is InChI=1S/C14H25F3N2O2/c1-3-4-5-8-18-12(20)11(2)19-9-6-13(21,7-10-19)14(15,16)17/h11,21H,3-10H2,1-2H3,(H,18,20). The van der Waals surface area contributed by atoms with Crippen molar-refractivity contribution in [3.05, 3.63) is 0 Å². The number of likely N-dealkylation sites (tertiary alicyclic amines) is 1. The molecule has 0 radical (unpaired) electrons. The molecular formula is C14H25F3N2O2. The first-order chi connectivity index (χ1) is 9.71. The summed E-state index contributed by atoms with van der Waals surface area (Å²) in [6.07, 6.45) is -2.37. The van der Waals surface area contributed by atoms with Crippen LogP contribution in [0.3, 0.4) is 0 Å². The third-order valence-electron chi connectivity index (χ3n) is 4.16. The van der Waals surface area contributed by atoms with Crippen LogP contribution in [0.15, 0.2) is 0 Å². The number of halogens is 3. The molecule has 0 aromatic rings. The minimum Gasteiger partial charge on any atom is -0.380 e. The van der Waals surface area contributed by atoms with Crippen molar-refractivity contribution < 1.29 is 23.1 Å². The molecule has 1 fully saturated rings. The van der Waals surface area contributed by atoms with E-state index < -0.39 is 17.8 Å². The lowest BCUT2D eigenvalue weighted by atomic mass is 9.90. The molecule has 1 aliphatic heterocycles. The van der Waals surface area contributed by atoms with Crippen LogP contribution in [0.5, 0.6) is 0 Å². The Bertz CT molecular complexity index is 340. The van der Waals surface area contributed by atoms with E-state index in [-0.39, 0.29) is 31.8 Å². The normalized spacial score (nSPS) is 21.0. The van der Waals surface area contributed by atoms with Gasteiger partial charge >= 0.3 is 6.18 Å². The van der Waals surface area contributed by atoms with E-state index in [4.69, 9.17) is 0 Å². The molecule has 7 heteroatoms. The predicted octanol–water partition coefficient (Wildman–Crippen LogP) is 2.07. The van der Waals surface area contributed by atoms with E-state index in [0.29, 0.717) is 6.54 Å². The number of unbranched alkanes of at least 4 members (excludes halogenated alkanes) is 2. The van der Waals surface area contributed by atoms with Crippen LogP contribution in [-0.2, 0) is 4.79 Å². The van der Waals surface area contributed by atoms with Gasteiger partial charge in [-0.1, -0.05) is 19.8 Å². The van der Waals surface area contributed by atoms with Gasteiger partial charge in [0.25, 0.3) is 0 Å². The largest absolute Gasteiger partial charge is 0.417 e. The van der Waals surface area contributed by atoms with Crippen LogP contribution in [-0.4, -0.2) is 53.4 Å². The van der Waals surface area contributed by atoms with Crippen LogP contribution >= 0.6 is 0 Å². The maximum absolute atomic E-state index is 12.7. The first-order valence-electron chi connectivity index (χ1n) is 7.52. The number of piperidine rings is 1. The molecule has 1 heterocycles. The number of carbonyl (C=O) groups excluding carboxylic acids is 1. The number of alkyl halides is 3. The average molecular weight is 310 g/mol. The lowest BCUT2D eigenvalue weighted by Gasteiger charge is -2.40. The van der Waals surface area contributed by atoms with Gasteiger partial charge in [-0.2, -0.15) is 13.2 Å². The Kier molecular flexibility index (Phi) is 6.46. The molecule has 124 valence electrons. The van der Waals surface area contributed by atoms with Crippen molar-refractivity contribution in [3.8, 4) is 0 Å². The SMILES string of the molecule is CCCCCNC(=O)C(C)N1CCC(O)(C(F)(F)F)CC1. The first-order valence-corrected chi connectivity index (χ1v) is 7.52. The quantitative estimate of drug-likeness (QED) is 0.739. The van der Waals surface area contributed by atoms with Crippen LogP contribution in [0, 0.1) is 0 Å². The van der Waals surface area contributed by atoms with Gasteiger partial charge in [0.15, 0.2) is 5.60 Å². The van der Waals surface area contributed by atoms with Gasteiger partial charge in [0, 0.05) is 19.6 Å². The van der Waals surface area contributed by atoms with Gasteiger partial charge in [0.1, 0.15) is 0 Å². The highest BCUT2D eigenvalue weighted by molar-refractivity contribution is 5.81. The molecule has 0 aromatic carbocycles. The highest BCUT2D eigenvalue weighted by Gasteiger charge is 2.54. The maximum atomic E-state index is 12.7. The van der Waals surface area contributed by atoms with E-state index in [1.807, 2.05) is 0 Å². The van der Waals surface area contributed by atoms with Gasteiger partial charge in [-0.25, -0.2) is 0 Å². The fourth-order valence-corrected chi connectivity index (χ4v) is 2.46. The Labute approximate surface area is 123 Å². The number of hydrogen-bond donors (Lipinski definition) is 2. The minimum atomic E-state index is -4.61. The van der Waals surface area contributed by atoms with Crippen molar-refractivity contribution >= 4 is 5.91 Å². The molecule has 0 aromatic heterocycles. The number of carbonyl (C=O) groups is 1. The van der Waals surface area contributed by atoms with Crippen LogP contribution < -0.4 is 5.32 Å². The van der Waals surface area contributed by atoms with Gasteiger partial charge in [-0.05, 0) is 26.2 Å². The average Bonchev–Trinajstić information content (AvgIpc) is 2.42. The molecular weight excluding hydrogens is 285 g/mol. The van der Waals surface area contributed by atoms with Gasteiger partial charge in [0.2, 0.25) is 5.91 Å². The van der Waals surface area contributed by atoms with Crippen LogP contribution in [0.25, 0.3) is 0 Å². The van der Waals surface area contributed by atoms with Gasteiger partial charge in [-0.3, -0.25) is 9.69 Å². The number of rotatable bonds is 6. The summed E-state index contributed by atoms with van der Waals surface area (Å²) < 4.78 is 38.1. The van der Waals surface area contributed by atoms with Crippen molar-refractivity contribution in [2.45, 2.75) is 63.8 Å². The highest BCUT2D eigenvalue weighted by Crippen LogP contribution is 2.38.